The lowest BCUT2D eigenvalue weighted by molar-refractivity contribution is -0.124. The molecular formula is C27H28N4O3. The monoisotopic (exact) mass is 456 g/mol. The molecule has 3 aromatic rings. The number of nitrogens with one attached hydrogen (secondary N) is 1. The van der Waals surface area contributed by atoms with Crippen LogP contribution < -0.4 is 10.2 Å². The molecule has 0 radical (unpaired) electrons. The Balaban J connectivity index is 1.53. The highest BCUT2D eigenvalue weighted by Gasteiger charge is 2.46. The first-order chi connectivity index (χ1) is 16.5. The fourth-order valence-corrected chi connectivity index (χ4v) is 4.03. The first kappa shape index (κ1) is 23.2. The molecule has 0 aliphatic carbocycles. The zero-order valence-corrected chi connectivity index (χ0v) is 19.4. The second-order valence-electron chi connectivity index (χ2n) is 8.41. The van der Waals surface area contributed by atoms with E-state index in [0.717, 1.165) is 17.5 Å². The van der Waals surface area contributed by atoms with Gasteiger partial charge in [-0.15, -0.1) is 0 Å². The largest absolute Gasteiger partial charge is 0.332 e. The standard InChI is InChI=1S/C27H28N4O3/c1-3-20-6-8-22(9-7-20)29-25(32)18-24-26(33)31(23-10-4-19(2)5-11-23)27(34)30(24)17-14-21-12-15-28-16-13-21/h4-13,15-16,24H,3,14,17-18H2,1-2H3,(H,29,32)/t24-/m1/s1. The van der Waals surface area contributed by atoms with Crippen LogP contribution in [0.25, 0.3) is 0 Å². The molecule has 0 bridgehead atoms. The molecule has 0 spiro atoms. The van der Waals surface area contributed by atoms with Gasteiger partial charge in [-0.3, -0.25) is 14.6 Å². The van der Waals surface area contributed by atoms with Gasteiger partial charge in [0.25, 0.3) is 5.91 Å². The molecule has 1 aromatic heterocycles. The predicted molar refractivity (Wildman–Crippen MR) is 132 cm³/mol. The third-order valence-corrected chi connectivity index (χ3v) is 6.03. The van der Waals surface area contributed by atoms with Crippen LogP contribution in [0, 0.1) is 6.92 Å². The number of hydrogen-bond donors (Lipinski definition) is 1. The van der Waals surface area contributed by atoms with Gasteiger partial charge in [0.2, 0.25) is 5.91 Å². The first-order valence-corrected chi connectivity index (χ1v) is 11.4. The summed E-state index contributed by atoms with van der Waals surface area (Å²) in [5, 5.41) is 2.86. The van der Waals surface area contributed by atoms with E-state index in [1.165, 1.54) is 15.4 Å². The Morgan fingerprint density at radius 3 is 2.26 bits per heavy atom. The Kier molecular flexibility index (Phi) is 7.01. The van der Waals surface area contributed by atoms with Crippen molar-refractivity contribution < 1.29 is 14.4 Å². The minimum absolute atomic E-state index is 0.112. The van der Waals surface area contributed by atoms with Gasteiger partial charge in [-0.2, -0.15) is 0 Å². The van der Waals surface area contributed by atoms with Crippen LogP contribution in [0.5, 0.6) is 0 Å². The maximum absolute atomic E-state index is 13.4. The van der Waals surface area contributed by atoms with Crippen LogP contribution in [0.2, 0.25) is 0 Å². The Morgan fingerprint density at radius 2 is 1.62 bits per heavy atom. The van der Waals surface area contributed by atoms with E-state index in [1.54, 1.807) is 24.5 Å². The number of carbonyl (C=O) groups is 3. The van der Waals surface area contributed by atoms with E-state index >= 15 is 0 Å². The van der Waals surface area contributed by atoms with Crippen LogP contribution >= 0.6 is 0 Å². The van der Waals surface area contributed by atoms with Gasteiger partial charge in [-0.05, 0) is 67.3 Å². The molecular weight excluding hydrogens is 428 g/mol. The number of benzene rings is 2. The lowest BCUT2D eigenvalue weighted by Crippen LogP contribution is -2.39. The minimum Gasteiger partial charge on any atom is -0.326 e. The third-order valence-electron chi connectivity index (χ3n) is 6.03. The number of amides is 4. The number of pyridine rings is 1. The van der Waals surface area contributed by atoms with Gasteiger partial charge >= 0.3 is 6.03 Å². The van der Waals surface area contributed by atoms with Crippen molar-refractivity contribution in [1.29, 1.82) is 0 Å². The second-order valence-corrected chi connectivity index (χ2v) is 8.41. The summed E-state index contributed by atoms with van der Waals surface area (Å²) >= 11 is 0. The van der Waals surface area contributed by atoms with E-state index in [2.05, 4.69) is 17.2 Å². The molecule has 7 nitrogen and oxygen atoms in total. The van der Waals surface area contributed by atoms with Crippen molar-refractivity contribution in [1.82, 2.24) is 9.88 Å². The van der Waals surface area contributed by atoms with Crippen molar-refractivity contribution in [3.8, 4) is 0 Å². The maximum atomic E-state index is 13.4. The number of carbonyl (C=O) groups excluding carboxylic acids is 3. The summed E-state index contributed by atoms with van der Waals surface area (Å²) in [4.78, 5) is 46.3. The Morgan fingerprint density at radius 1 is 0.941 bits per heavy atom. The lowest BCUT2D eigenvalue weighted by Gasteiger charge is -2.21. The average molecular weight is 457 g/mol. The zero-order valence-electron chi connectivity index (χ0n) is 19.4. The Bertz CT molecular complexity index is 1160. The van der Waals surface area contributed by atoms with Gasteiger partial charge < -0.3 is 10.2 Å². The number of anilines is 2. The zero-order chi connectivity index (χ0) is 24.1. The van der Waals surface area contributed by atoms with E-state index in [4.69, 9.17) is 0 Å². The number of nitrogens with zero attached hydrogens (tertiary/aromatic N) is 3. The van der Waals surface area contributed by atoms with Crippen molar-refractivity contribution in [3.05, 3.63) is 89.7 Å². The van der Waals surface area contributed by atoms with Crippen LogP contribution in [0.3, 0.4) is 0 Å². The highest BCUT2D eigenvalue weighted by Crippen LogP contribution is 2.28. The summed E-state index contributed by atoms with van der Waals surface area (Å²) in [6.07, 6.45) is 4.74. The molecule has 1 saturated heterocycles. The fourth-order valence-electron chi connectivity index (χ4n) is 4.03. The van der Waals surface area contributed by atoms with Crippen molar-refractivity contribution in [3.63, 3.8) is 0 Å². The molecule has 0 saturated carbocycles. The minimum atomic E-state index is -0.870. The molecule has 4 amide bonds. The van der Waals surface area contributed by atoms with Crippen LogP contribution in [0.15, 0.2) is 73.1 Å². The molecule has 1 aliphatic rings. The number of hydrogen-bond acceptors (Lipinski definition) is 4. The number of imide groups is 1. The van der Waals surface area contributed by atoms with E-state index < -0.39 is 12.1 Å². The Hall–Kier alpha value is -4.00. The maximum Gasteiger partial charge on any atom is 0.332 e. The van der Waals surface area contributed by atoms with Crippen LogP contribution in [0.1, 0.15) is 30.0 Å². The molecule has 1 aliphatic heterocycles. The molecule has 1 N–H and O–H groups in total. The number of aromatic nitrogens is 1. The van der Waals surface area contributed by atoms with Crippen LogP contribution in [-0.2, 0) is 22.4 Å². The van der Waals surface area contributed by atoms with Gasteiger partial charge in [-0.1, -0.05) is 36.8 Å². The van der Waals surface area contributed by atoms with Crippen molar-refractivity contribution in [2.45, 2.75) is 39.2 Å². The number of rotatable bonds is 8. The summed E-state index contributed by atoms with van der Waals surface area (Å²) in [5.74, 6) is -0.699. The summed E-state index contributed by atoms with van der Waals surface area (Å²) in [7, 11) is 0. The lowest BCUT2D eigenvalue weighted by atomic mass is 10.1. The highest BCUT2D eigenvalue weighted by atomic mass is 16.2. The normalized spacial score (nSPS) is 15.6. The topological polar surface area (TPSA) is 82.6 Å². The number of urea groups is 1. The molecule has 2 aromatic carbocycles. The molecule has 174 valence electrons. The molecule has 2 heterocycles. The van der Waals surface area contributed by atoms with Gasteiger partial charge in [0, 0.05) is 24.6 Å². The Labute approximate surface area is 199 Å². The molecule has 34 heavy (non-hydrogen) atoms. The van der Waals surface area contributed by atoms with Crippen LogP contribution in [0.4, 0.5) is 16.2 Å². The molecule has 1 atom stereocenters. The number of aryl methyl sites for hydroxylation is 2. The molecule has 0 unspecified atom stereocenters. The smallest absolute Gasteiger partial charge is 0.326 e. The van der Waals surface area contributed by atoms with E-state index in [-0.39, 0.29) is 18.2 Å². The van der Waals surface area contributed by atoms with Crippen molar-refractivity contribution >= 4 is 29.2 Å². The quantitative estimate of drug-likeness (QED) is 0.511. The molecule has 4 rings (SSSR count). The average Bonchev–Trinajstić information content (AvgIpc) is 3.08. The molecule has 7 heteroatoms. The first-order valence-electron chi connectivity index (χ1n) is 11.4. The fraction of sp³-hybridized carbons (Fsp3) is 0.259. The van der Waals surface area contributed by atoms with Gasteiger partial charge in [0.15, 0.2) is 0 Å². The summed E-state index contributed by atoms with van der Waals surface area (Å²) < 4.78 is 0. The predicted octanol–water partition coefficient (Wildman–Crippen LogP) is 4.36. The second kappa shape index (κ2) is 10.3. The van der Waals surface area contributed by atoms with E-state index in [0.29, 0.717) is 24.3 Å². The highest BCUT2D eigenvalue weighted by molar-refractivity contribution is 6.22. The van der Waals surface area contributed by atoms with Gasteiger partial charge in [0.1, 0.15) is 6.04 Å². The van der Waals surface area contributed by atoms with Crippen molar-refractivity contribution in [2.75, 3.05) is 16.8 Å². The molecule has 1 fully saturated rings. The van der Waals surface area contributed by atoms with E-state index in [9.17, 15) is 14.4 Å². The summed E-state index contributed by atoms with van der Waals surface area (Å²) in [6.45, 7) is 4.33. The SMILES string of the molecule is CCc1ccc(NC(=O)C[C@@H]2C(=O)N(c3ccc(C)cc3)C(=O)N2CCc2ccncc2)cc1. The summed E-state index contributed by atoms with van der Waals surface area (Å²) in [5.41, 5.74) is 4.38. The van der Waals surface area contributed by atoms with Gasteiger partial charge in [0.05, 0.1) is 12.1 Å². The third kappa shape index (κ3) is 5.14. The van der Waals surface area contributed by atoms with Crippen LogP contribution in [-0.4, -0.2) is 40.3 Å². The van der Waals surface area contributed by atoms with Crippen molar-refractivity contribution in [2.24, 2.45) is 0 Å². The van der Waals surface area contributed by atoms with Gasteiger partial charge in [-0.25, -0.2) is 9.69 Å². The van der Waals surface area contributed by atoms with E-state index in [1.807, 2.05) is 55.5 Å². The summed E-state index contributed by atoms with van der Waals surface area (Å²) in [6, 6.07) is 17.3.